The number of esters is 1. The van der Waals surface area contributed by atoms with Crippen molar-refractivity contribution in [3.8, 4) is 12.3 Å². The van der Waals surface area contributed by atoms with E-state index < -0.39 is 24.4 Å². The molecule has 1 aromatic carbocycles. The molecule has 118 valence electrons. The van der Waals surface area contributed by atoms with E-state index in [1.165, 1.54) is 6.92 Å². The van der Waals surface area contributed by atoms with E-state index in [9.17, 15) is 9.59 Å². The highest BCUT2D eigenvalue weighted by atomic mass is 16.6. The van der Waals surface area contributed by atoms with Crippen LogP contribution in [0.3, 0.4) is 0 Å². The molecule has 0 aliphatic carbocycles. The molecular formula is C16H19NO5. The van der Waals surface area contributed by atoms with Gasteiger partial charge in [0.05, 0.1) is 0 Å². The summed E-state index contributed by atoms with van der Waals surface area (Å²) in [5, 5.41) is 2.47. The molecule has 0 aliphatic heterocycles. The lowest BCUT2D eigenvalue weighted by atomic mass is 10.2. The zero-order valence-electron chi connectivity index (χ0n) is 12.6. The van der Waals surface area contributed by atoms with Crippen LogP contribution in [0.1, 0.15) is 19.4 Å². The van der Waals surface area contributed by atoms with E-state index in [1.54, 1.807) is 6.92 Å². The Bertz CT molecular complexity index is 523. The number of rotatable bonds is 7. The molecule has 0 heterocycles. The van der Waals surface area contributed by atoms with E-state index in [1.807, 2.05) is 30.3 Å². The predicted octanol–water partition coefficient (Wildman–Crippen LogP) is 1.84. The molecule has 1 aromatic rings. The first-order chi connectivity index (χ1) is 10.5. The van der Waals surface area contributed by atoms with Gasteiger partial charge >= 0.3 is 12.1 Å². The summed E-state index contributed by atoms with van der Waals surface area (Å²) >= 11 is 0. The van der Waals surface area contributed by atoms with Gasteiger partial charge in [0.25, 0.3) is 0 Å². The van der Waals surface area contributed by atoms with Crippen LogP contribution in [0.4, 0.5) is 4.79 Å². The van der Waals surface area contributed by atoms with Crippen molar-refractivity contribution >= 4 is 12.1 Å². The minimum atomic E-state index is -0.886. The number of hydrogen-bond donors (Lipinski definition) is 1. The maximum absolute atomic E-state index is 11.8. The van der Waals surface area contributed by atoms with Crippen molar-refractivity contribution in [1.82, 2.24) is 5.32 Å². The maximum atomic E-state index is 11.8. The fourth-order valence-corrected chi connectivity index (χ4v) is 1.64. The number of alkyl carbamates (subject to hydrolysis) is 1. The molecule has 0 saturated carbocycles. The minimum Gasteiger partial charge on any atom is -0.458 e. The van der Waals surface area contributed by atoms with Gasteiger partial charge in [-0.1, -0.05) is 36.3 Å². The van der Waals surface area contributed by atoms with Crippen LogP contribution in [0.5, 0.6) is 0 Å². The molecule has 2 atom stereocenters. The summed E-state index contributed by atoms with van der Waals surface area (Å²) in [5.74, 6) is 1.80. The highest BCUT2D eigenvalue weighted by molar-refractivity contribution is 5.68. The highest BCUT2D eigenvalue weighted by Gasteiger charge is 2.23. The first-order valence-electron chi connectivity index (χ1n) is 6.72. The second-order valence-corrected chi connectivity index (χ2v) is 4.46. The molecular weight excluding hydrogens is 286 g/mol. The van der Waals surface area contributed by atoms with Gasteiger partial charge in [0.1, 0.15) is 19.3 Å². The van der Waals surface area contributed by atoms with Crippen LogP contribution in [0, 0.1) is 12.3 Å². The lowest BCUT2D eigenvalue weighted by Crippen LogP contribution is -2.46. The van der Waals surface area contributed by atoms with Gasteiger partial charge in [-0.25, -0.2) is 4.79 Å². The standard InChI is InChI=1S/C16H19NO5/c1-4-10-20-15(12(2)22-13(3)18)17-16(19)21-11-14-8-6-5-7-9-14/h1,5-9,12,15H,10-11H2,2-3H3,(H,17,19). The van der Waals surface area contributed by atoms with E-state index in [-0.39, 0.29) is 13.2 Å². The Hall–Kier alpha value is -2.52. The van der Waals surface area contributed by atoms with E-state index >= 15 is 0 Å². The zero-order chi connectivity index (χ0) is 16.4. The van der Waals surface area contributed by atoms with Crippen molar-refractivity contribution in [3.05, 3.63) is 35.9 Å². The number of terminal acetylenes is 1. The quantitative estimate of drug-likeness (QED) is 0.473. The first-order valence-corrected chi connectivity index (χ1v) is 6.72. The summed E-state index contributed by atoms with van der Waals surface area (Å²) in [6.45, 7) is 2.94. The molecule has 0 spiro atoms. The monoisotopic (exact) mass is 305 g/mol. The second kappa shape index (κ2) is 9.42. The first kappa shape index (κ1) is 17.5. The molecule has 0 fully saturated rings. The molecule has 0 bridgehead atoms. The van der Waals surface area contributed by atoms with Gasteiger partial charge in [-0.2, -0.15) is 0 Å². The number of ether oxygens (including phenoxy) is 3. The Morgan fingerprint density at radius 2 is 2.00 bits per heavy atom. The van der Waals surface area contributed by atoms with Crippen LogP contribution < -0.4 is 5.32 Å². The summed E-state index contributed by atoms with van der Waals surface area (Å²) in [7, 11) is 0. The van der Waals surface area contributed by atoms with Gasteiger partial charge in [0, 0.05) is 6.92 Å². The molecule has 0 saturated heterocycles. The predicted molar refractivity (Wildman–Crippen MR) is 79.6 cm³/mol. The Labute approximate surface area is 129 Å². The molecule has 0 radical (unpaired) electrons. The topological polar surface area (TPSA) is 73.9 Å². The average molecular weight is 305 g/mol. The minimum absolute atomic E-state index is 0.0325. The van der Waals surface area contributed by atoms with E-state index in [0.717, 1.165) is 5.56 Å². The Balaban J connectivity index is 2.51. The number of carbonyl (C=O) groups excluding carboxylic acids is 2. The normalized spacial score (nSPS) is 12.6. The van der Waals surface area contributed by atoms with E-state index in [0.29, 0.717) is 0 Å². The van der Waals surface area contributed by atoms with Gasteiger partial charge in [0.15, 0.2) is 6.23 Å². The Morgan fingerprint density at radius 3 is 2.59 bits per heavy atom. The lowest BCUT2D eigenvalue weighted by molar-refractivity contribution is -0.154. The van der Waals surface area contributed by atoms with Gasteiger partial charge in [-0.15, -0.1) is 6.42 Å². The van der Waals surface area contributed by atoms with Crippen molar-refractivity contribution in [1.29, 1.82) is 0 Å². The molecule has 6 heteroatoms. The van der Waals surface area contributed by atoms with Crippen LogP contribution in [-0.2, 0) is 25.6 Å². The third-order valence-corrected chi connectivity index (χ3v) is 2.60. The molecule has 2 unspecified atom stereocenters. The molecule has 22 heavy (non-hydrogen) atoms. The van der Waals surface area contributed by atoms with Gasteiger partial charge < -0.3 is 14.2 Å². The molecule has 6 nitrogen and oxygen atoms in total. The van der Waals surface area contributed by atoms with Crippen molar-refractivity contribution in [2.75, 3.05) is 6.61 Å². The summed E-state index contributed by atoms with van der Waals surface area (Å²) in [4.78, 5) is 22.7. The van der Waals surface area contributed by atoms with Gasteiger partial charge in [-0.3, -0.25) is 10.1 Å². The molecule has 0 aliphatic rings. The number of benzene rings is 1. The van der Waals surface area contributed by atoms with E-state index in [4.69, 9.17) is 20.6 Å². The number of amides is 1. The fraction of sp³-hybridized carbons (Fsp3) is 0.375. The Kier molecular flexibility index (Phi) is 7.51. The fourth-order valence-electron chi connectivity index (χ4n) is 1.64. The summed E-state index contributed by atoms with van der Waals surface area (Å²) in [6.07, 6.45) is 2.84. The summed E-state index contributed by atoms with van der Waals surface area (Å²) in [6, 6.07) is 9.23. The van der Waals surface area contributed by atoms with Crippen molar-refractivity contribution in [3.63, 3.8) is 0 Å². The van der Waals surface area contributed by atoms with Crippen molar-refractivity contribution in [2.24, 2.45) is 0 Å². The number of carbonyl (C=O) groups is 2. The van der Waals surface area contributed by atoms with Gasteiger partial charge in [-0.05, 0) is 12.5 Å². The second-order valence-electron chi connectivity index (χ2n) is 4.46. The summed E-state index contributed by atoms with van der Waals surface area (Å²) < 4.78 is 15.3. The Morgan fingerprint density at radius 1 is 1.32 bits per heavy atom. The number of nitrogens with one attached hydrogen (secondary N) is 1. The molecule has 1 N–H and O–H groups in total. The van der Waals surface area contributed by atoms with Crippen molar-refractivity contribution < 1.29 is 23.8 Å². The van der Waals surface area contributed by atoms with Crippen LogP contribution in [-0.4, -0.2) is 31.0 Å². The third kappa shape index (κ3) is 6.77. The van der Waals surface area contributed by atoms with Crippen LogP contribution in [0.2, 0.25) is 0 Å². The van der Waals surface area contributed by atoms with E-state index in [2.05, 4.69) is 11.2 Å². The number of hydrogen-bond acceptors (Lipinski definition) is 5. The summed E-state index contributed by atoms with van der Waals surface area (Å²) in [5.41, 5.74) is 0.853. The third-order valence-electron chi connectivity index (χ3n) is 2.60. The van der Waals surface area contributed by atoms with Crippen LogP contribution in [0.25, 0.3) is 0 Å². The van der Waals surface area contributed by atoms with Crippen molar-refractivity contribution in [2.45, 2.75) is 32.8 Å². The molecule has 0 aromatic heterocycles. The lowest BCUT2D eigenvalue weighted by Gasteiger charge is -2.23. The van der Waals surface area contributed by atoms with Crippen LogP contribution in [0.15, 0.2) is 30.3 Å². The largest absolute Gasteiger partial charge is 0.458 e. The zero-order valence-corrected chi connectivity index (χ0v) is 12.6. The average Bonchev–Trinajstić information content (AvgIpc) is 2.49. The van der Waals surface area contributed by atoms with Crippen LogP contribution >= 0.6 is 0 Å². The SMILES string of the molecule is C#CCOC(NC(=O)OCc1ccccc1)C(C)OC(C)=O. The molecule has 1 rings (SSSR count). The maximum Gasteiger partial charge on any atom is 0.409 e. The smallest absolute Gasteiger partial charge is 0.409 e. The highest BCUT2D eigenvalue weighted by Crippen LogP contribution is 2.04. The van der Waals surface area contributed by atoms with Gasteiger partial charge in [0.2, 0.25) is 0 Å². The molecule has 1 amide bonds.